The highest BCUT2D eigenvalue weighted by atomic mass is 35.5. The first-order valence-corrected chi connectivity index (χ1v) is 17.5. The molecule has 0 bridgehead atoms. The number of benzene rings is 2. The van der Waals surface area contributed by atoms with Crippen LogP contribution in [0.25, 0.3) is 0 Å². The molecule has 4 aliphatic rings. The minimum atomic E-state index is -4.71. The van der Waals surface area contributed by atoms with E-state index in [2.05, 4.69) is 10.2 Å². The Kier molecular flexibility index (Phi) is 10.4. The van der Waals surface area contributed by atoms with E-state index in [1.165, 1.54) is 18.9 Å². The number of amides is 4. The molecule has 2 aromatic carbocycles. The van der Waals surface area contributed by atoms with E-state index in [0.29, 0.717) is 51.6 Å². The zero-order valence-corrected chi connectivity index (χ0v) is 27.9. The van der Waals surface area contributed by atoms with E-state index in [-0.39, 0.29) is 47.3 Å². The monoisotopic (exact) mass is 688 g/mol. The quantitative estimate of drug-likeness (QED) is 0.366. The number of alkyl halides is 3. The summed E-state index contributed by atoms with van der Waals surface area (Å²) >= 11 is 6.13. The molecule has 260 valence electrons. The average Bonchev–Trinajstić information content (AvgIpc) is 3.56. The molecule has 3 saturated heterocycles. The Balaban J connectivity index is 1.12. The molecule has 0 aliphatic carbocycles. The van der Waals surface area contributed by atoms with E-state index in [9.17, 15) is 27.6 Å². The Hall–Kier alpha value is -3.51. The zero-order valence-electron chi connectivity index (χ0n) is 27.1. The number of nitrogens with one attached hydrogen (secondary N) is 1. The van der Waals surface area contributed by atoms with Gasteiger partial charge in [0.15, 0.2) is 0 Å². The largest absolute Gasteiger partial charge is 0.418 e. The summed E-state index contributed by atoms with van der Waals surface area (Å²) in [6, 6.07) is 10.3. The van der Waals surface area contributed by atoms with Crippen molar-refractivity contribution in [1.29, 1.82) is 0 Å². The van der Waals surface area contributed by atoms with Gasteiger partial charge in [0.1, 0.15) is 0 Å². The maximum atomic E-state index is 14.0. The number of hydrogen-bond acceptors (Lipinski definition) is 5. The lowest BCUT2D eigenvalue weighted by molar-refractivity contribution is -0.143. The summed E-state index contributed by atoms with van der Waals surface area (Å²) in [5, 5.41) is 2.78. The number of likely N-dealkylation sites (tertiary alicyclic amines) is 3. The van der Waals surface area contributed by atoms with Crippen LogP contribution in [0.2, 0.25) is 5.02 Å². The molecule has 0 aromatic heterocycles. The molecule has 0 spiro atoms. The number of para-hydroxylation sites is 1. The van der Waals surface area contributed by atoms with Crippen molar-refractivity contribution in [3.63, 3.8) is 0 Å². The van der Waals surface area contributed by atoms with Gasteiger partial charge >= 0.3 is 12.2 Å². The smallest absolute Gasteiger partial charge is 0.397 e. The van der Waals surface area contributed by atoms with Crippen molar-refractivity contribution in [3.8, 4) is 0 Å². The van der Waals surface area contributed by atoms with E-state index in [1.807, 2.05) is 29.2 Å². The third-order valence-electron chi connectivity index (χ3n) is 10.6. The second-order valence-corrected chi connectivity index (χ2v) is 14.0. The van der Waals surface area contributed by atoms with E-state index in [0.717, 1.165) is 49.7 Å². The summed E-state index contributed by atoms with van der Waals surface area (Å²) in [4.78, 5) is 48.6. The van der Waals surface area contributed by atoms with Crippen LogP contribution in [0.4, 0.5) is 29.3 Å². The van der Waals surface area contributed by atoms with Crippen molar-refractivity contribution in [2.45, 2.75) is 76.0 Å². The molecule has 0 radical (unpaired) electrons. The molecule has 13 heteroatoms. The maximum absolute atomic E-state index is 14.0. The molecule has 4 aliphatic heterocycles. The van der Waals surface area contributed by atoms with Crippen LogP contribution in [0.1, 0.15) is 61.6 Å². The SMILES string of the molecule is Nc1c(Cl)cc(CC(CC(=O)N2CCC(N3CCc4ccccc4NC3=O)CC2)C(=O)N2CCC(N3CCCC3)CC2)cc1C(F)(F)F. The number of urea groups is 1. The fraction of sp³-hybridized carbons (Fsp3) is 0.571. The van der Waals surface area contributed by atoms with Crippen molar-refractivity contribution in [3.05, 3.63) is 58.1 Å². The predicted octanol–water partition coefficient (Wildman–Crippen LogP) is 5.66. The number of rotatable bonds is 7. The van der Waals surface area contributed by atoms with Gasteiger partial charge in [-0.3, -0.25) is 9.59 Å². The molecule has 9 nitrogen and oxygen atoms in total. The van der Waals surface area contributed by atoms with Gasteiger partial charge in [0.25, 0.3) is 0 Å². The van der Waals surface area contributed by atoms with Crippen LogP contribution >= 0.6 is 11.6 Å². The van der Waals surface area contributed by atoms with Gasteiger partial charge in [-0.1, -0.05) is 29.8 Å². The number of carbonyl (C=O) groups is 3. The van der Waals surface area contributed by atoms with Crippen LogP contribution in [0.5, 0.6) is 0 Å². The van der Waals surface area contributed by atoms with Crippen molar-refractivity contribution >= 4 is 40.8 Å². The zero-order chi connectivity index (χ0) is 34.0. The number of nitrogens with zero attached hydrogens (tertiary/aromatic N) is 4. The molecule has 48 heavy (non-hydrogen) atoms. The lowest BCUT2D eigenvalue weighted by Gasteiger charge is -2.39. The number of halogens is 4. The molecule has 4 heterocycles. The van der Waals surface area contributed by atoms with Gasteiger partial charge < -0.3 is 30.7 Å². The van der Waals surface area contributed by atoms with Gasteiger partial charge in [-0.25, -0.2) is 4.79 Å². The molecule has 0 saturated carbocycles. The average molecular weight is 689 g/mol. The first-order chi connectivity index (χ1) is 23.0. The van der Waals surface area contributed by atoms with Crippen molar-refractivity contribution in [2.24, 2.45) is 5.92 Å². The van der Waals surface area contributed by atoms with Crippen LogP contribution in [-0.4, -0.2) is 95.3 Å². The highest BCUT2D eigenvalue weighted by Gasteiger charge is 2.37. The number of nitrogens with two attached hydrogens (primary N) is 1. The first kappa shape index (κ1) is 34.4. The second kappa shape index (κ2) is 14.5. The third kappa shape index (κ3) is 7.70. The molecule has 1 unspecified atom stereocenters. The number of anilines is 2. The molecule has 4 amide bonds. The highest BCUT2D eigenvalue weighted by Crippen LogP contribution is 2.38. The summed E-state index contributed by atoms with van der Waals surface area (Å²) in [6.07, 6.45) is 1.06. The highest BCUT2D eigenvalue weighted by molar-refractivity contribution is 6.33. The minimum absolute atomic E-state index is 0.0320. The van der Waals surface area contributed by atoms with Crippen LogP contribution in [-0.2, 0) is 28.6 Å². The van der Waals surface area contributed by atoms with Crippen LogP contribution in [0, 0.1) is 5.92 Å². The van der Waals surface area contributed by atoms with E-state index >= 15 is 0 Å². The second-order valence-electron chi connectivity index (χ2n) is 13.6. The van der Waals surface area contributed by atoms with Crippen molar-refractivity contribution in [2.75, 3.05) is 56.9 Å². The Morgan fingerprint density at radius 1 is 0.917 bits per heavy atom. The summed E-state index contributed by atoms with van der Waals surface area (Å²) in [5.41, 5.74) is 6.19. The van der Waals surface area contributed by atoms with Crippen molar-refractivity contribution < 1.29 is 27.6 Å². The van der Waals surface area contributed by atoms with Gasteiger partial charge in [0.05, 0.1) is 22.2 Å². The molecule has 1 atom stereocenters. The summed E-state index contributed by atoms with van der Waals surface area (Å²) in [7, 11) is 0. The molecular weight excluding hydrogens is 645 g/mol. The Morgan fingerprint density at radius 2 is 1.56 bits per heavy atom. The van der Waals surface area contributed by atoms with Gasteiger partial charge in [-0.05, 0) is 93.8 Å². The normalized spacial score (nSPS) is 20.8. The summed E-state index contributed by atoms with van der Waals surface area (Å²) in [5.74, 6) is -1.29. The van der Waals surface area contributed by atoms with Gasteiger partial charge in [0.2, 0.25) is 11.8 Å². The standard InChI is InChI=1S/C35H44ClF3N6O3/c36-29-21-23(20-28(32(29)40)35(37,38)39)19-25(33(47)44-16-8-26(9-17-44)42-12-3-4-13-42)22-31(46)43-14-10-27(11-15-43)45-18-7-24-5-1-2-6-30(24)41-34(45)48/h1-2,5-6,20-21,25-27H,3-4,7-19,22,40H2,(H,41,48). The molecule has 2 aromatic rings. The predicted molar refractivity (Wildman–Crippen MR) is 179 cm³/mol. The van der Waals surface area contributed by atoms with Gasteiger partial charge in [-0.15, -0.1) is 0 Å². The van der Waals surface area contributed by atoms with Gasteiger partial charge in [0, 0.05) is 56.9 Å². The van der Waals surface area contributed by atoms with E-state index < -0.39 is 23.3 Å². The van der Waals surface area contributed by atoms with Crippen LogP contribution in [0.3, 0.4) is 0 Å². The van der Waals surface area contributed by atoms with E-state index in [4.69, 9.17) is 17.3 Å². The number of nitrogen functional groups attached to an aromatic ring is 1. The lowest BCUT2D eigenvalue weighted by Crippen LogP contribution is -2.51. The molecule has 6 rings (SSSR count). The fourth-order valence-corrected chi connectivity index (χ4v) is 8.12. The van der Waals surface area contributed by atoms with Crippen LogP contribution in [0.15, 0.2) is 36.4 Å². The number of piperidine rings is 2. The number of carbonyl (C=O) groups excluding carboxylic acids is 3. The summed E-state index contributed by atoms with van der Waals surface area (Å²) in [6.45, 7) is 4.67. The van der Waals surface area contributed by atoms with Crippen LogP contribution < -0.4 is 11.1 Å². The Morgan fingerprint density at radius 3 is 2.25 bits per heavy atom. The lowest BCUT2D eigenvalue weighted by atomic mass is 9.91. The summed E-state index contributed by atoms with van der Waals surface area (Å²) < 4.78 is 41.4. The van der Waals surface area contributed by atoms with E-state index in [1.54, 1.807) is 9.80 Å². The minimum Gasteiger partial charge on any atom is -0.397 e. The molecular formula is C35H44ClF3N6O3. The Labute approximate surface area is 284 Å². The number of fused-ring (bicyclic) bond motifs is 1. The third-order valence-corrected chi connectivity index (χ3v) is 10.9. The maximum Gasteiger partial charge on any atom is 0.418 e. The number of hydrogen-bond donors (Lipinski definition) is 2. The Bertz CT molecular complexity index is 1500. The molecule has 3 N–H and O–H groups in total. The topological polar surface area (TPSA) is 102 Å². The first-order valence-electron chi connectivity index (χ1n) is 17.1. The van der Waals surface area contributed by atoms with Gasteiger partial charge in [-0.2, -0.15) is 13.2 Å². The fourth-order valence-electron chi connectivity index (χ4n) is 7.88. The molecule has 3 fully saturated rings. The van der Waals surface area contributed by atoms with Crippen molar-refractivity contribution in [1.82, 2.24) is 19.6 Å².